The van der Waals surface area contributed by atoms with Crippen LogP contribution in [0.4, 0.5) is 0 Å². The lowest BCUT2D eigenvalue weighted by Gasteiger charge is -2.09. The molecule has 16 heavy (non-hydrogen) atoms. The molecule has 0 spiro atoms. The number of alkyl halides is 1. The molecule has 0 saturated carbocycles. The van der Waals surface area contributed by atoms with Crippen LogP contribution in [-0.2, 0) is 20.8 Å². The summed E-state index contributed by atoms with van der Waals surface area (Å²) >= 11 is 3.25. The number of halogens is 2. The number of rotatable bonds is 3. The van der Waals surface area contributed by atoms with E-state index < -0.39 is 9.05 Å². The minimum absolute atomic E-state index is 0.0258. The van der Waals surface area contributed by atoms with Gasteiger partial charge in [0.1, 0.15) is 0 Å². The normalized spacial score (nSPS) is 11.1. The van der Waals surface area contributed by atoms with Crippen LogP contribution in [0.1, 0.15) is 23.6 Å². The predicted molar refractivity (Wildman–Crippen MR) is 66.2 cm³/mol. The topological polar surface area (TPSA) is 57.9 Å². The van der Waals surface area contributed by atoms with Crippen LogP contribution in [0.3, 0.4) is 0 Å². The van der Waals surface area contributed by atoms with Gasteiger partial charge in [-0.25, -0.2) is 8.42 Å². The number of nitrogens with zero attached hydrogens (tertiary/aromatic N) is 1. The number of hydrogen-bond donors (Lipinski definition) is 0. The Hall–Kier alpha value is -0.570. The van der Waals surface area contributed by atoms with Crippen molar-refractivity contribution in [3.8, 4) is 6.07 Å². The molecular formula is C10H9BrClNO2S. The van der Waals surface area contributed by atoms with Crippen LogP contribution in [0.5, 0.6) is 0 Å². The molecule has 0 saturated heterocycles. The molecule has 0 aliphatic rings. The molecular weight excluding hydrogens is 314 g/mol. The monoisotopic (exact) mass is 321 g/mol. The fourth-order valence-corrected chi connectivity index (χ4v) is 3.18. The van der Waals surface area contributed by atoms with Crippen molar-refractivity contribution in [2.45, 2.75) is 23.6 Å². The summed E-state index contributed by atoms with van der Waals surface area (Å²) in [6, 6.07) is 5.07. The maximum Gasteiger partial charge on any atom is 0.261 e. The Bertz CT molecular complexity index is 549. The number of hydrogen-bond acceptors (Lipinski definition) is 3. The van der Waals surface area contributed by atoms with Crippen molar-refractivity contribution in [2.75, 3.05) is 0 Å². The SMILES string of the molecule is CCc1c(S(=O)(=O)Cl)ccc(CBr)c1C#N. The summed E-state index contributed by atoms with van der Waals surface area (Å²) in [6.45, 7) is 1.79. The minimum Gasteiger partial charge on any atom is -0.207 e. The van der Waals surface area contributed by atoms with E-state index in [-0.39, 0.29) is 4.90 Å². The Morgan fingerprint density at radius 2 is 2.12 bits per heavy atom. The summed E-state index contributed by atoms with van der Waals surface area (Å²) in [6.07, 6.45) is 0.449. The predicted octanol–water partition coefficient (Wildman–Crippen LogP) is 2.94. The zero-order valence-corrected chi connectivity index (χ0v) is 11.7. The Balaban J connectivity index is 3.65. The van der Waals surface area contributed by atoms with E-state index in [9.17, 15) is 8.42 Å². The fourth-order valence-electron chi connectivity index (χ4n) is 1.51. The molecule has 0 heterocycles. The molecule has 86 valence electrons. The first-order valence-corrected chi connectivity index (χ1v) is 7.94. The lowest BCUT2D eigenvalue weighted by molar-refractivity contribution is 0.608. The molecule has 0 aliphatic carbocycles. The zero-order valence-electron chi connectivity index (χ0n) is 8.50. The minimum atomic E-state index is -3.80. The smallest absolute Gasteiger partial charge is 0.207 e. The molecule has 0 bridgehead atoms. The van der Waals surface area contributed by atoms with Crippen molar-refractivity contribution in [3.05, 3.63) is 28.8 Å². The van der Waals surface area contributed by atoms with Crippen molar-refractivity contribution in [3.63, 3.8) is 0 Å². The fraction of sp³-hybridized carbons (Fsp3) is 0.300. The van der Waals surface area contributed by atoms with E-state index in [1.54, 1.807) is 13.0 Å². The van der Waals surface area contributed by atoms with Gasteiger partial charge in [-0.3, -0.25) is 0 Å². The molecule has 0 unspecified atom stereocenters. The standard InChI is InChI=1S/C10H9BrClNO2S/c1-2-8-9(6-13)7(5-11)3-4-10(8)16(12,14)15/h3-4H,2,5H2,1H3. The molecule has 0 aromatic heterocycles. The molecule has 1 aromatic carbocycles. The van der Waals surface area contributed by atoms with Gasteiger partial charge in [0.15, 0.2) is 0 Å². The van der Waals surface area contributed by atoms with Gasteiger partial charge in [0.05, 0.1) is 16.5 Å². The molecule has 0 fully saturated rings. The van der Waals surface area contributed by atoms with Gasteiger partial charge in [-0.1, -0.05) is 28.9 Å². The van der Waals surface area contributed by atoms with E-state index in [0.717, 1.165) is 5.56 Å². The largest absolute Gasteiger partial charge is 0.261 e. The second kappa shape index (κ2) is 5.17. The first kappa shape index (κ1) is 13.5. The Labute approximate surface area is 108 Å². The lowest BCUT2D eigenvalue weighted by Crippen LogP contribution is -2.02. The quantitative estimate of drug-likeness (QED) is 0.635. The van der Waals surface area contributed by atoms with Gasteiger partial charge in [-0.2, -0.15) is 5.26 Å². The van der Waals surface area contributed by atoms with Crippen LogP contribution in [0.2, 0.25) is 0 Å². The molecule has 1 rings (SSSR count). The Morgan fingerprint density at radius 1 is 1.50 bits per heavy atom. The highest BCUT2D eigenvalue weighted by molar-refractivity contribution is 9.08. The third-order valence-electron chi connectivity index (χ3n) is 2.23. The van der Waals surface area contributed by atoms with E-state index in [1.807, 2.05) is 6.07 Å². The third kappa shape index (κ3) is 2.57. The average Bonchev–Trinajstić information content (AvgIpc) is 2.25. The van der Waals surface area contributed by atoms with Crippen LogP contribution in [0.25, 0.3) is 0 Å². The number of nitriles is 1. The van der Waals surface area contributed by atoms with Crippen molar-refractivity contribution >= 4 is 35.7 Å². The lowest BCUT2D eigenvalue weighted by atomic mass is 10.0. The Morgan fingerprint density at radius 3 is 2.50 bits per heavy atom. The molecule has 0 radical (unpaired) electrons. The highest BCUT2D eigenvalue weighted by atomic mass is 79.9. The maximum atomic E-state index is 11.3. The van der Waals surface area contributed by atoms with Gasteiger partial charge in [0.25, 0.3) is 9.05 Å². The van der Waals surface area contributed by atoms with Crippen molar-refractivity contribution in [1.82, 2.24) is 0 Å². The van der Waals surface area contributed by atoms with Gasteiger partial charge in [-0.15, -0.1) is 0 Å². The molecule has 0 N–H and O–H groups in total. The second-order valence-electron chi connectivity index (χ2n) is 3.11. The van der Waals surface area contributed by atoms with Gasteiger partial charge in [-0.05, 0) is 23.6 Å². The first-order chi connectivity index (χ1) is 7.45. The van der Waals surface area contributed by atoms with Gasteiger partial charge >= 0.3 is 0 Å². The number of benzene rings is 1. The molecule has 6 heteroatoms. The van der Waals surface area contributed by atoms with Crippen LogP contribution in [-0.4, -0.2) is 8.42 Å². The van der Waals surface area contributed by atoms with Gasteiger partial charge in [0.2, 0.25) is 0 Å². The van der Waals surface area contributed by atoms with Crippen molar-refractivity contribution < 1.29 is 8.42 Å². The van der Waals surface area contributed by atoms with Crippen LogP contribution in [0.15, 0.2) is 17.0 Å². The van der Waals surface area contributed by atoms with Crippen LogP contribution in [0, 0.1) is 11.3 Å². The third-order valence-corrected chi connectivity index (χ3v) is 4.24. The van der Waals surface area contributed by atoms with Gasteiger partial charge in [0, 0.05) is 16.0 Å². The summed E-state index contributed by atoms with van der Waals surface area (Å²) in [5.41, 5.74) is 1.64. The Kier molecular flexibility index (Phi) is 4.36. The molecule has 3 nitrogen and oxygen atoms in total. The average molecular weight is 323 g/mol. The van der Waals surface area contributed by atoms with E-state index in [2.05, 4.69) is 15.9 Å². The van der Waals surface area contributed by atoms with E-state index in [4.69, 9.17) is 15.9 Å². The van der Waals surface area contributed by atoms with Crippen LogP contribution >= 0.6 is 26.6 Å². The molecule has 0 aliphatic heterocycles. The highest BCUT2D eigenvalue weighted by Gasteiger charge is 2.19. The first-order valence-electron chi connectivity index (χ1n) is 4.51. The molecule has 0 atom stereocenters. The zero-order chi connectivity index (χ0) is 12.3. The summed E-state index contributed by atoms with van der Waals surface area (Å²) in [7, 11) is 1.52. The summed E-state index contributed by atoms with van der Waals surface area (Å²) in [4.78, 5) is 0.0258. The van der Waals surface area contributed by atoms with E-state index >= 15 is 0 Å². The van der Waals surface area contributed by atoms with Crippen molar-refractivity contribution in [1.29, 1.82) is 5.26 Å². The highest BCUT2D eigenvalue weighted by Crippen LogP contribution is 2.27. The molecule has 1 aromatic rings. The second-order valence-corrected chi connectivity index (χ2v) is 6.21. The van der Waals surface area contributed by atoms with E-state index in [1.165, 1.54) is 6.07 Å². The van der Waals surface area contributed by atoms with E-state index in [0.29, 0.717) is 22.9 Å². The molecule has 0 amide bonds. The van der Waals surface area contributed by atoms with Gasteiger partial charge < -0.3 is 0 Å². The van der Waals surface area contributed by atoms with Crippen molar-refractivity contribution in [2.24, 2.45) is 0 Å². The maximum absolute atomic E-state index is 11.3. The summed E-state index contributed by atoms with van der Waals surface area (Å²) in [5, 5.41) is 9.55. The van der Waals surface area contributed by atoms with Crippen LogP contribution < -0.4 is 0 Å². The summed E-state index contributed by atoms with van der Waals surface area (Å²) < 4.78 is 22.6. The summed E-state index contributed by atoms with van der Waals surface area (Å²) in [5.74, 6) is 0.